The zero-order valence-corrected chi connectivity index (χ0v) is 13.4. The van der Waals surface area contributed by atoms with Crippen molar-refractivity contribution in [2.75, 3.05) is 13.7 Å². The van der Waals surface area contributed by atoms with Gasteiger partial charge in [0.25, 0.3) is 0 Å². The van der Waals surface area contributed by atoms with Crippen LogP contribution >= 0.6 is 0 Å². The summed E-state index contributed by atoms with van der Waals surface area (Å²) in [7, 11) is 1.67. The molecule has 1 heterocycles. The molecule has 0 aliphatic rings. The van der Waals surface area contributed by atoms with Crippen molar-refractivity contribution in [1.82, 2.24) is 4.90 Å². The molecule has 0 radical (unpaired) electrons. The highest BCUT2D eigenvalue weighted by atomic mass is 16.5. The fourth-order valence-electron chi connectivity index (χ4n) is 2.56. The molecule has 1 N–H and O–H groups in total. The third kappa shape index (κ3) is 5.20. The molecule has 120 valence electrons. The van der Waals surface area contributed by atoms with Crippen LogP contribution in [0.2, 0.25) is 0 Å². The van der Waals surface area contributed by atoms with Gasteiger partial charge in [0.1, 0.15) is 11.5 Å². The van der Waals surface area contributed by atoms with E-state index in [-0.39, 0.29) is 6.10 Å². The Hall–Kier alpha value is -1.78. The van der Waals surface area contributed by atoms with Crippen molar-refractivity contribution in [1.29, 1.82) is 0 Å². The number of aliphatic hydroxyl groups is 1. The fraction of sp³-hybridized carbons (Fsp3) is 0.444. The van der Waals surface area contributed by atoms with Gasteiger partial charge in [0.05, 0.1) is 26.0 Å². The Balaban J connectivity index is 2.05. The van der Waals surface area contributed by atoms with Crippen molar-refractivity contribution in [3.63, 3.8) is 0 Å². The van der Waals surface area contributed by atoms with Crippen LogP contribution in [0.3, 0.4) is 0 Å². The third-order valence-corrected chi connectivity index (χ3v) is 3.59. The highest BCUT2D eigenvalue weighted by Gasteiger charge is 2.14. The third-order valence-electron chi connectivity index (χ3n) is 3.59. The Kier molecular flexibility index (Phi) is 6.49. The van der Waals surface area contributed by atoms with E-state index in [1.165, 1.54) is 0 Å². The number of aliphatic hydroxyl groups excluding tert-OH is 1. The first kappa shape index (κ1) is 16.6. The summed E-state index contributed by atoms with van der Waals surface area (Å²) < 4.78 is 10.7. The van der Waals surface area contributed by atoms with E-state index in [4.69, 9.17) is 9.15 Å². The Labute approximate surface area is 132 Å². The molecule has 4 heteroatoms. The highest BCUT2D eigenvalue weighted by Crippen LogP contribution is 2.17. The lowest BCUT2D eigenvalue weighted by Crippen LogP contribution is -2.31. The summed E-state index contributed by atoms with van der Waals surface area (Å²) in [5.74, 6) is 1.76. The minimum atomic E-state index is -0.314. The van der Waals surface area contributed by atoms with Crippen LogP contribution in [0, 0.1) is 0 Å². The lowest BCUT2D eigenvalue weighted by molar-refractivity contribution is 0.0932. The smallest absolute Gasteiger partial charge is 0.119 e. The molecule has 0 aliphatic carbocycles. The number of furan rings is 1. The van der Waals surface area contributed by atoms with E-state index >= 15 is 0 Å². The molecular weight excluding hydrogens is 278 g/mol. The van der Waals surface area contributed by atoms with Gasteiger partial charge in [0.2, 0.25) is 0 Å². The second-order valence-electron chi connectivity index (χ2n) is 5.54. The molecule has 0 bridgehead atoms. The van der Waals surface area contributed by atoms with Crippen LogP contribution in [-0.2, 0) is 13.1 Å². The monoisotopic (exact) mass is 303 g/mol. The average molecular weight is 303 g/mol. The van der Waals surface area contributed by atoms with Gasteiger partial charge in [-0.2, -0.15) is 0 Å². The summed E-state index contributed by atoms with van der Waals surface area (Å²) >= 11 is 0. The molecule has 0 amide bonds. The Bertz CT molecular complexity index is 539. The fourth-order valence-corrected chi connectivity index (χ4v) is 2.56. The molecule has 0 saturated heterocycles. The Morgan fingerprint density at radius 3 is 2.77 bits per heavy atom. The van der Waals surface area contributed by atoms with Crippen molar-refractivity contribution < 1.29 is 14.3 Å². The molecule has 0 spiro atoms. The van der Waals surface area contributed by atoms with E-state index in [0.717, 1.165) is 36.5 Å². The molecule has 0 unspecified atom stereocenters. The minimum absolute atomic E-state index is 0.314. The van der Waals surface area contributed by atoms with Gasteiger partial charge in [-0.25, -0.2) is 0 Å². The maximum atomic E-state index is 10.1. The molecule has 2 rings (SSSR count). The van der Waals surface area contributed by atoms with Crippen LogP contribution in [0.1, 0.15) is 31.1 Å². The van der Waals surface area contributed by atoms with Crippen LogP contribution < -0.4 is 4.74 Å². The van der Waals surface area contributed by atoms with E-state index in [0.29, 0.717) is 13.1 Å². The van der Waals surface area contributed by atoms with Crippen LogP contribution in [0.25, 0.3) is 0 Å². The maximum absolute atomic E-state index is 10.1. The predicted molar refractivity (Wildman–Crippen MR) is 86.7 cm³/mol. The Morgan fingerprint density at radius 2 is 2.09 bits per heavy atom. The summed E-state index contributed by atoms with van der Waals surface area (Å²) in [6.45, 7) is 4.15. The molecule has 1 aromatic heterocycles. The second-order valence-corrected chi connectivity index (χ2v) is 5.54. The topological polar surface area (TPSA) is 45.8 Å². The molecule has 0 fully saturated rings. The molecule has 0 saturated carbocycles. The lowest BCUT2D eigenvalue weighted by atomic mass is 10.1. The van der Waals surface area contributed by atoms with Crippen molar-refractivity contribution in [2.45, 2.75) is 39.0 Å². The summed E-state index contributed by atoms with van der Waals surface area (Å²) in [6, 6.07) is 11.9. The number of rotatable bonds is 9. The minimum Gasteiger partial charge on any atom is -0.497 e. The highest BCUT2D eigenvalue weighted by molar-refractivity contribution is 5.28. The number of hydrogen-bond donors (Lipinski definition) is 1. The van der Waals surface area contributed by atoms with Crippen LogP contribution in [0.4, 0.5) is 0 Å². The van der Waals surface area contributed by atoms with Gasteiger partial charge in [-0.3, -0.25) is 4.90 Å². The molecule has 2 aromatic rings. The summed E-state index contributed by atoms with van der Waals surface area (Å²) in [6.07, 6.45) is 3.16. The van der Waals surface area contributed by atoms with Gasteiger partial charge < -0.3 is 14.3 Å². The van der Waals surface area contributed by atoms with Gasteiger partial charge in [0.15, 0.2) is 0 Å². The van der Waals surface area contributed by atoms with Crippen LogP contribution in [-0.4, -0.2) is 29.8 Å². The normalized spacial score (nSPS) is 12.5. The van der Waals surface area contributed by atoms with Crippen molar-refractivity contribution >= 4 is 0 Å². The zero-order valence-electron chi connectivity index (χ0n) is 13.4. The first-order valence-electron chi connectivity index (χ1n) is 7.77. The number of benzene rings is 1. The number of ether oxygens (including phenoxy) is 1. The number of methoxy groups -OCH3 is 1. The van der Waals surface area contributed by atoms with E-state index < -0.39 is 0 Å². The zero-order chi connectivity index (χ0) is 15.8. The number of hydrogen-bond acceptors (Lipinski definition) is 4. The van der Waals surface area contributed by atoms with Crippen molar-refractivity contribution in [3.05, 3.63) is 54.0 Å². The largest absolute Gasteiger partial charge is 0.497 e. The average Bonchev–Trinajstić information content (AvgIpc) is 3.00. The van der Waals surface area contributed by atoms with Gasteiger partial charge in [-0.15, -0.1) is 0 Å². The molecule has 1 aromatic carbocycles. The summed E-state index contributed by atoms with van der Waals surface area (Å²) in [4.78, 5) is 2.20. The molecule has 0 aliphatic heterocycles. The lowest BCUT2D eigenvalue weighted by Gasteiger charge is -2.24. The maximum Gasteiger partial charge on any atom is 0.119 e. The number of nitrogens with zero attached hydrogens (tertiary/aromatic N) is 1. The van der Waals surface area contributed by atoms with Gasteiger partial charge >= 0.3 is 0 Å². The predicted octanol–water partition coefficient (Wildman–Crippen LogP) is 3.45. The molecule has 4 nitrogen and oxygen atoms in total. The van der Waals surface area contributed by atoms with E-state index in [9.17, 15) is 5.11 Å². The SMILES string of the molecule is CCC[C@H](O)CN(Cc1cccc(OC)c1)Cc1ccco1. The van der Waals surface area contributed by atoms with Crippen molar-refractivity contribution in [2.24, 2.45) is 0 Å². The summed E-state index contributed by atoms with van der Waals surface area (Å²) in [5, 5.41) is 10.1. The molecular formula is C18H25NO3. The molecule has 22 heavy (non-hydrogen) atoms. The standard InChI is InChI=1S/C18H25NO3/c1-3-6-16(20)13-19(14-18-9-5-10-22-18)12-15-7-4-8-17(11-15)21-2/h4-5,7-11,16,20H,3,6,12-14H2,1-2H3/t16-/m0/s1. The van der Waals surface area contributed by atoms with E-state index in [1.54, 1.807) is 13.4 Å². The first-order chi connectivity index (χ1) is 10.7. The quantitative estimate of drug-likeness (QED) is 0.770. The van der Waals surface area contributed by atoms with Crippen LogP contribution in [0.5, 0.6) is 5.75 Å². The summed E-state index contributed by atoms with van der Waals surface area (Å²) in [5.41, 5.74) is 1.16. The van der Waals surface area contributed by atoms with Crippen LogP contribution in [0.15, 0.2) is 47.1 Å². The van der Waals surface area contributed by atoms with Gasteiger partial charge in [-0.1, -0.05) is 25.5 Å². The van der Waals surface area contributed by atoms with E-state index in [1.807, 2.05) is 30.3 Å². The molecule has 1 atom stereocenters. The Morgan fingerprint density at radius 1 is 1.23 bits per heavy atom. The van der Waals surface area contributed by atoms with Gasteiger partial charge in [-0.05, 0) is 36.2 Å². The van der Waals surface area contributed by atoms with E-state index in [2.05, 4.69) is 17.9 Å². The first-order valence-corrected chi connectivity index (χ1v) is 7.77. The van der Waals surface area contributed by atoms with Gasteiger partial charge in [0, 0.05) is 13.1 Å². The van der Waals surface area contributed by atoms with Crippen molar-refractivity contribution in [3.8, 4) is 5.75 Å². The second kappa shape index (κ2) is 8.61.